The van der Waals surface area contributed by atoms with Gasteiger partial charge in [-0.3, -0.25) is 4.79 Å². The molecule has 0 amide bonds. The molecule has 1 aromatic carbocycles. The number of benzene rings is 1. The van der Waals surface area contributed by atoms with Gasteiger partial charge in [0.2, 0.25) is 0 Å². The van der Waals surface area contributed by atoms with Gasteiger partial charge in [0.15, 0.2) is 0 Å². The monoisotopic (exact) mass is 289 g/mol. The van der Waals surface area contributed by atoms with Crippen molar-refractivity contribution in [1.82, 2.24) is 9.78 Å². The predicted octanol–water partition coefficient (Wildman–Crippen LogP) is 1.24. The standard InChI is InChI=1S/C14H15N3O2S/c1-9-5-13(18)17(16-7-9)8-10-3-4-11(14(15)20)12(6-10)19-2/h3-7H,8H2,1-2H3,(H2,15,20). The number of ether oxygens (including phenoxy) is 1. The zero-order valence-electron chi connectivity index (χ0n) is 11.3. The second kappa shape index (κ2) is 5.83. The van der Waals surface area contributed by atoms with E-state index < -0.39 is 0 Å². The van der Waals surface area contributed by atoms with Crippen molar-refractivity contribution >= 4 is 17.2 Å². The molecule has 0 bridgehead atoms. The first kappa shape index (κ1) is 14.2. The van der Waals surface area contributed by atoms with Gasteiger partial charge in [0.25, 0.3) is 5.56 Å². The largest absolute Gasteiger partial charge is 0.496 e. The van der Waals surface area contributed by atoms with Crippen LogP contribution < -0.4 is 16.0 Å². The minimum atomic E-state index is -0.137. The van der Waals surface area contributed by atoms with Crippen LogP contribution in [-0.4, -0.2) is 21.9 Å². The van der Waals surface area contributed by atoms with Crippen molar-refractivity contribution in [3.05, 3.63) is 57.5 Å². The van der Waals surface area contributed by atoms with Crippen LogP contribution in [0.15, 0.2) is 35.3 Å². The molecular formula is C14H15N3O2S. The summed E-state index contributed by atoms with van der Waals surface area (Å²) in [7, 11) is 1.55. The van der Waals surface area contributed by atoms with Gasteiger partial charge in [-0.05, 0) is 30.2 Å². The lowest BCUT2D eigenvalue weighted by Crippen LogP contribution is -2.22. The molecule has 2 N–H and O–H groups in total. The van der Waals surface area contributed by atoms with Crippen LogP contribution in [0.2, 0.25) is 0 Å². The minimum Gasteiger partial charge on any atom is -0.496 e. The van der Waals surface area contributed by atoms with Crippen molar-refractivity contribution in [3.8, 4) is 5.75 Å². The molecule has 2 aromatic rings. The summed E-state index contributed by atoms with van der Waals surface area (Å²) in [6.07, 6.45) is 1.65. The molecule has 0 aliphatic heterocycles. The highest BCUT2D eigenvalue weighted by atomic mass is 32.1. The number of hydrogen-bond donors (Lipinski definition) is 1. The van der Waals surface area contributed by atoms with Gasteiger partial charge in [-0.25, -0.2) is 4.68 Å². The van der Waals surface area contributed by atoms with Crippen molar-refractivity contribution in [1.29, 1.82) is 0 Å². The summed E-state index contributed by atoms with van der Waals surface area (Å²) in [4.78, 5) is 12.1. The Balaban J connectivity index is 2.34. The first-order valence-electron chi connectivity index (χ1n) is 6.01. The van der Waals surface area contributed by atoms with Crippen LogP contribution in [0.5, 0.6) is 5.75 Å². The average molecular weight is 289 g/mol. The SMILES string of the molecule is COc1cc(Cn2ncc(C)cc2=O)ccc1C(N)=S. The van der Waals surface area contributed by atoms with E-state index in [1.165, 1.54) is 4.68 Å². The lowest BCUT2D eigenvalue weighted by molar-refractivity contribution is 0.413. The van der Waals surface area contributed by atoms with Gasteiger partial charge < -0.3 is 10.5 Å². The quantitative estimate of drug-likeness (QED) is 0.858. The number of rotatable bonds is 4. The third-order valence-corrected chi connectivity index (χ3v) is 3.09. The zero-order valence-corrected chi connectivity index (χ0v) is 12.1. The maximum absolute atomic E-state index is 11.8. The number of nitrogens with zero attached hydrogens (tertiary/aromatic N) is 2. The van der Waals surface area contributed by atoms with E-state index in [9.17, 15) is 4.79 Å². The van der Waals surface area contributed by atoms with Gasteiger partial charge in [-0.2, -0.15) is 5.10 Å². The summed E-state index contributed by atoms with van der Waals surface area (Å²) < 4.78 is 6.65. The number of nitrogens with two attached hydrogens (primary N) is 1. The van der Waals surface area contributed by atoms with Crippen LogP contribution in [0, 0.1) is 6.92 Å². The van der Waals surface area contributed by atoms with Crippen LogP contribution in [0.25, 0.3) is 0 Å². The molecular weight excluding hydrogens is 274 g/mol. The molecule has 0 aliphatic rings. The Bertz CT molecular complexity index is 710. The molecule has 1 aromatic heterocycles. The van der Waals surface area contributed by atoms with E-state index in [1.54, 1.807) is 25.4 Å². The fraction of sp³-hybridized carbons (Fsp3) is 0.214. The highest BCUT2D eigenvalue weighted by molar-refractivity contribution is 7.80. The topological polar surface area (TPSA) is 70.1 Å². The van der Waals surface area contributed by atoms with Gasteiger partial charge in [-0.1, -0.05) is 18.3 Å². The van der Waals surface area contributed by atoms with E-state index in [-0.39, 0.29) is 10.5 Å². The summed E-state index contributed by atoms with van der Waals surface area (Å²) >= 11 is 4.95. The fourth-order valence-corrected chi connectivity index (χ4v) is 2.02. The van der Waals surface area contributed by atoms with Crippen molar-refractivity contribution in [2.24, 2.45) is 5.73 Å². The van der Waals surface area contributed by atoms with E-state index in [4.69, 9.17) is 22.7 Å². The Kier molecular flexibility index (Phi) is 4.14. The summed E-state index contributed by atoms with van der Waals surface area (Å²) in [6.45, 7) is 2.20. The van der Waals surface area contributed by atoms with E-state index in [0.717, 1.165) is 11.1 Å². The Morgan fingerprint density at radius 2 is 2.20 bits per heavy atom. The molecule has 0 radical (unpaired) electrons. The Labute approximate surface area is 122 Å². The Morgan fingerprint density at radius 1 is 1.45 bits per heavy atom. The predicted molar refractivity (Wildman–Crippen MR) is 81.2 cm³/mol. The second-order valence-electron chi connectivity index (χ2n) is 4.43. The number of aryl methyl sites for hydroxylation is 1. The maximum Gasteiger partial charge on any atom is 0.267 e. The molecule has 0 fully saturated rings. The van der Waals surface area contributed by atoms with Gasteiger partial charge in [-0.15, -0.1) is 0 Å². The zero-order chi connectivity index (χ0) is 14.7. The van der Waals surface area contributed by atoms with Crippen molar-refractivity contribution < 1.29 is 4.74 Å². The molecule has 5 nitrogen and oxygen atoms in total. The molecule has 0 spiro atoms. The van der Waals surface area contributed by atoms with Gasteiger partial charge in [0, 0.05) is 6.07 Å². The summed E-state index contributed by atoms with van der Waals surface area (Å²) in [5.41, 5.74) is 7.89. The molecule has 0 aliphatic carbocycles. The molecule has 0 saturated carbocycles. The lowest BCUT2D eigenvalue weighted by Gasteiger charge is -2.10. The minimum absolute atomic E-state index is 0.137. The van der Waals surface area contributed by atoms with Crippen molar-refractivity contribution in [2.45, 2.75) is 13.5 Å². The number of methoxy groups -OCH3 is 1. The molecule has 1 heterocycles. The molecule has 2 rings (SSSR count). The second-order valence-corrected chi connectivity index (χ2v) is 4.87. The van der Waals surface area contributed by atoms with Crippen LogP contribution in [0.3, 0.4) is 0 Å². The lowest BCUT2D eigenvalue weighted by atomic mass is 10.1. The van der Waals surface area contributed by atoms with E-state index in [0.29, 0.717) is 17.9 Å². The van der Waals surface area contributed by atoms with Gasteiger partial charge in [0.1, 0.15) is 10.7 Å². The van der Waals surface area contributed by atoms with Crippen LogP contribution in [-0.2, 0) is 6.54 Å². The first-order chi connectivity index (χ1) is 9.51. The van der Waals surface area contributed by atoms with Crippen LogP contribution in [0.1, 0.15) is 16.7 Å². The highest BCUT2D eigenvalue weighted by Gasteiger charge is 2.08. The van der Waals surface area contributed by atoms with E-state index in [1.807, 2.05) is 19.1 Å². The van der Waals surface area contributed by atoms with Gasteiger partial charge in [0.05, 0.1) is 25.4 Å². The molecule has 20 heavy (non-hydrogen) atoms. The summed E-state index contributed by atoms with van der Waals surface area (Å²) in [5, 5.41) is 4.10. The maximum atomic E-state index is 11.8. The average Bonchev–Trinajstić information content (AvgIpc) is 2.41. The third kappa shape index (κ3) is 3.03. The summed E-state index contributed by atoms with van der Waals surface area (Å²) in [6, 6.07) is 7.00. The number of thiocarbonyl (C=S) groups is 1. The fourth-order valence-electron chi connectivity index (χ4n) is 1.85. The molecule has 104 valence electrons. The van der Waals surface area contributed by atoms with Crippen molar-refractivity contribution in [2.75, 3.05) is 7.11 Å². The number of hydrogen-bond acceptors (Lipinski definition) is 4. The Morgan fingerprint density at radius 3 is 2.80 bits per heavy atom. The van der Waals surface area contributed by atoms with Crippen molar-refractivity contribution in [3.63, 3.8) is 0 Å². The van der Waals surface area contributed by atoms with E-state index in [2.05, 4.69) is 5.10 Å². The van der Waals surface area contributed by atoms with E-state index >= 15 is 0 Å². The normalized spacial score (nSPS) is 10.3. The molecule has 0 atom stereocenters. The first-order valence-corrected chi connectivity index (χ1v) is 6.42. The van der Waals surface area contributed by atoms with Gasteiger partial charge >= 0.3 is 0 Å². The molecule has 6 heteroatoms. The van der Waals surface area contributed by atoms with Crippen LogP contribution >= 0.6 is 12.2 Å². The third-order valence-electron chi connectivity index (χ3n) is 2.87. The number of aromatic nitrogens is 2. The smallest absolute Gasteiger partial charge is 0.267 e. The highest BCUT2D eigenvalue weighted by Crippen LogP contribution is 2.20. The van der Waals surface area contributed by atoms with Crippen LogP contribution in [0.4, 0.5) is 0 Å². The summed E-state index contributed by atoms with van der Waals surface area (Å²) in [5.74, 6) is 0.593. The molecule has 0 saturated heterocycles. The molecule has 0 unspecified atom stereocenters. The Hall–Kier alpha value is -2.21.